The number of esters is 1. The molecule has 2 unspecified atom stereocenters. The molecule has 2 aliphatic carbocycles. The lowest BCUT2D eigenvalue weighted by atomic mass is 9.51. The first kappa shape index (κ1) is 27.9. The second-order valence-electron chi connectivity index (χ2n) is 13.2. The smallest absolute Gasteiger partial charge is 0.306 e. The van der Waals surface area contributed by atoms with Gasteiger partial charge in [0.1, 0.15) is 11.9 Å². The predicted molar refractivity (Wildman–Crippen MR) is 147 cm³/mol. The molecule has 0 amide bonds. The van der Waals surface area contributed by atoms with Gasteiger partial charge in [-0.1, -0.05) is 38.7 Å². The lowest BCUT2D eigenvalue weighted by Crippen LogP contribution is -2.67. The Hall–Kier alpha value is -1.16. The van der Waals surface area contributed by atoms with E-state index in [1.165, 1.54) is 57.8 Å². The first-order valence-corrected chi connectivity index (χ1v) is 15.3. The summed E-state index contributed by atoms with van der Waals surface area (Å²) in [7, 11) is 0. The van der Waals surface area contributed by atoms with Gasteiger partial charge in [-0.3, -0.25) is 14.5 Å². The summed E-state index contributed by atoms with van der Waals surface area (Å²) in [5.41, 5.74) is 0.459. The number of ether oxygens (including phenoxy) is 1. The molecule has 0 aromatic carbocycles. The molecule has 4 heteroatoms. The number of piperidine rings is 2. The Bertz CT molecular complexity index is 794. The quantitative estimate of drug-likeness (QED) is 0.168. The maximum Gasteiger partial charge on any atom is 0.306 e. The average Bonchev–Trinajstić information content (AvgIpc) is 3.21. The van der Waals surface area contributed by atoms with Crippen molar-refractivity contribution in [2.75, 3.05) is 6.54 Å². The number of allylic oxidation sites excluding steroid dienone is 1. The SMILES string of the molecule is C=CCCCCCCCCC(=O)OC(C)[C@H]1CC[C@H]2[C@@H]3CCN4C(C)C(=O)CC[C@]4(C)[C@H]3CC[C@]12C. The molecular weight excluding hydrogens is 446 g/mol. The van der Waals surface area contributed by atoms with Crippen molar-refractivity contribution < 1.29 is 14.3 Å². The third kappa shape index (κ3) is 5.36. The molecule has 0 N–H and O–H groups in total. The van der Waals surface area contributed by atoms with Crippen molar-refractivity contribution in [1.29, 1.82) is 0 Å². The summed E-state index contributed by atoms with van der Waals surface area (Å²) in [5, 5.41) is 0. The highest BCUT2D eigenvalue weighted by molar-refractivity contribution is 5.84. The van der Waals surface area contributed by atoms with Gasteiger partial charge >= 0.3 is 5.97 Å². The third-order valence-electron chi connectivity index (χ3n) is 11.4. The van der Waals surface area contributed by atoms with Crippen molar-refractivity contribution in [3.63, 3.8) is 0 Å². The van der Waals surface area contributed by atoms with Crippen molar-refractivity contribution in [3.05, 3.63) is 12.7 Å². The van der Waals surface area contributed by atoms with Crippen LogP contribution in [0.5, 0.6) is 0 Å². The predicted octanol–water partition coefficient (Wildman–Crippen LogP) is 7.50. The zero-order chi connectivity index (χ0) is 25.9. The van der Waals surface area contributed by atoms with Crippen molar-refractivity contribution in [3.8, 4) is 0 Å². The molecule has 4 rings (SSSR count). The molecule has 0 bridgehead atoms. The number of Topliss-reactive ketones (excluding diaryl/α,β-unsaturated/α-hetero) is 1. The summed E-state index contributed by atoms with van der Waals surface area (Å²) < 4.78 is 6.08. The van der Waals surface area contributed by atoms with Crippen LogP contribution in [-0.4, -0.2) is 40.9 Å². The Balaban J connectivity index is 1.28. The Morgan fingerprint density at radius 2 is 1.78 bits per heavy atom. The number of rotatable bonds is 11. The molecule has 4 nitrogen and oxygen atoms in total. The Labute approximate surface area is 221 Å². The van der Waals surface area contributed by atoms with Crippen LogP contribution in [0.4, 0.5) is 0 Å². The molecule has 2 saturated heterocycles. The number of hydrogen-bond donors (Lipinski definition) is 0. The van der Waals surface area contributed by atoms with E-state index in [1.54, 1.807) is 0 Å². The highest BCUT2D eigenvalue weighted by Gasteiger charge is 2.61. The number of ketones is 1. The summed E-state index contributed by atoms with van der Waals surface area (Å²) in [5.74, 6) is 3.12. The molecule has 2 saturated carbocycles. The zero-order valence-electron chi connectivity index (χ0n) is 23.7. The second kappa shape index (κ2) is 11.7. The van der Waals surface area contributed by atoms with E-state index in [-0.39, 0.29) is 29.1 Å². The van der Waals surface area contributed by atoms with E-state index in [1.807, 2.05) is 6.08 Å². The van der Waals surface area contributed by atoms with Gasteiger partial charge in [-0.25, -0.2) is 0 Å². The number of unbranched alkanes of at least 4 members (excludes halogenated alkanes) is 6. The minimum absolute atomic E-state index is 0.0107. The molecule has 0 aromatic rings. The van der Waals surface area contributed by atoms with Crippen molar-refractivity contribution >= 4 is 11.8 Å². The largest absolute Gasteiger partial charge is 0.462 e. The monoisotopic (exact) mass is 499 g/mol. The minimum atomic E-state index is 0.0107. The van der Waals surface area contributed by atoms with Gasteiger partial charge in [0.05, 0.1) is 6.04 Å². The van der Waals surface area contributed by atoms with E-state index in [0.29, 0.717) is 24.0 Å². The number of fused-ring (bicyclic) bond motifs is 5. The fourth-order valence-corrected chi connectivity index (χ4v) is 9.37. The van der Waals surface area contributed by atoms with Gasteiger partial charge < -0.3 is 4.74 Å². The standard InChI is InChI=1S/C32H53NO3/c1-6-7-8-9-10-11-12-13-14-30(35)36-24(3)26-15-16-27-25-19-22-33-23(2)29(34)18-21-32(33,5)28(25)17-20-31(26,27)4/h6,23-28H,1,7-22H2,2-5H3/t23?,24?,25-,26+,27-,28-,31+,32+/m0/s1. The van der Waals surface area contributed by atoms with Crippen LogP contribution >= 0.6 is 0 Å². The van der Waals surface area contributed by atoms with Crippen LogP contribution in [-0.2, 0) is 14.3 Å². The van der Waals surface area contributed by atoms with Crippen molar-refractivity contribution in [1.82, 2.24) is 4.90 Å². The highest BCUT2D eigenvalue weighted by atomic mass is 16.5. The average molecular weight is 500 g/mol. The fourth-order valence-electron chi connectivity index (χ4n) is 9.37. The molecule has 2 heterocycles. The van der Waals surface area contributed by atoms with Crippen LogP contribution in [0.2, 0.25) is 0 Å². The Morgan fingerprint density at radius 1 is 1.06 bits per heavy atom. The fraction of sp³-hybridized carbons (Fsp3) is 0.875. The molecule has 8 atom stereocenters. The van der Waals surface area contributed by atoms with Crippen LogP contribution in [0.25, 0.3) is 0 Å². The minimum Gasteiger partial charge on any atom is -0.462 e. The van der Waals surface area contributed by atoms with E-state index in [9.17, 15) is 9.59 Å². The molecule has 0 radical (unpaired) electrons. The second-order valence-corrected chi connectivity index (χ2v) is 13.2. The summed E-state index contributed by atoms with van der Waals surface area (Å²) in [4.78, 5) is 27.7. The van der Waals surface area contributed by atoms with Gasteiger partial charge in [-0.2, -0.15) is 0 Å². The normalized spacial score (nSPS) is 39.1. The van der Waals surface area contributed by atoms with E-state index in [0.717, 1.165) is 50.5 Å². The van der Waals surface area contributed by atoms with E-state index >= 15 is 0 Å². The Morgan fingerprint density at radius 3 is 2.53 bits per heavy atom. The number of carbonyl (C=O) groups excluding carboxylic acids is 2. The van der Waals surface area contributed by atoms with Crippen LogP contribution in [0.1, 0.15) is 124 Å². The van der Waals surface area contributed by atoms with E-state index < -0.39 is 0 Å². The number of nitrogens with zero attached hydrogens (tertiary/aromatic N) is 1. The lowest BCUT2D eigenvalue weighted by molar-refractivity contribution is -0.162. The summed E-state index contributed by atoms with van der Waals surface area (Å²) in [6.45, 7) is 14.1. The van der Waals surface area contributed by atoms with E-state index in [2.05, 4.69) is 39.2 Å². The van der Waals surface area contributed by atoms with Crippen LogP contribution in [0, 0.1) is 29.1 Å². The van der Waals surface area contributed by atoms with Crippen molar-refractivity contribution in [2.45, 2.75) is 142 Å². The maximum absolute atomic E-state index is 12.7. The van der Waals surface area contributed by atoms with Gasteiger partial charge in [-0.15, -0.1) is 6.58 Å². The molecule has 204 valence electrons. The Kier molecular flexibility index (Phi) is 9.06. The number of hydrogen-bond acceptors (Lipinski definition) is 4. The molecule has 36 heavy (non-hydrogen) atoms. The van der Waals surface area contributed by atoms with Crippen LogP contribution in [0.15, 0.2) is 12.7 Å². The maximum atomic E-state index is 12.7. The first-order valence-electron chi connectivity index (χ1n) is 15.3. The third-order valence-corrected chi connectivity index (χ3v) is 11.4. The summed E-state index contributed by atoms with van der Waals surface area (Å²) in [6, 6.07) is 0.0889. The van der Waals surface area contributed by atoms with Crippen molar-refractivity contribution in [2.24, 2.45) is 29.1 Å². The van der Waals surface area contributed by atoms with Gasteiger partial charge in [0.15, 0.2) is 0 Å². The van der Waals surface area contributed by atoms with Crippen LogP contribution in [0.3, 0.4) is 0 Å². The molecule has 0 spiro atoms. The topological polar surface area (TPSA) is 46.6 Å². The highest BCUT2D eigenvalue weighted by Crippen LogP contribution is 2.64. The van der Waals surface area contributed by atoms with Crippen LogP contribution < -0.4 is 0 Å². The molecule has 0 aromatic heterocycles. The van der Waals surface area contributed by atoms with Gasteiger partial charge in [0.25, 0.3) is 0 Å². The van der Waals surface area contributed by atoms with Gasteiger partial charge in [-0.05, 0) is 108 Å². The molecule has 2 aliphatic heterocycles. The van der Waals surface area contributed by atoms with Gasteiger partial charge in [0, 0.05) is 24.3 Å². The number of carbonyl (C=O) groups is 2. The first-order chi connectivity index (χ1) is 17.2. The molecule has 4 fully saturated rings. The summed E-state index contributed by atoms with van der Waals surface area (Å²) >= 11 is 0. The van der Waals surface area contributed by atoms with E-state index in [4.69, 9.17) is 4.74 Å². The molecule has 4 aliphatic rings. The summed E-state index contributed by atoms with van der Waals surface area (Å²) in [6.07, 6.45) is 18.8. The molecular formula is C32H53NO3. The van der Waals surface area contributed by atoms with Gasteiger partial charge in [0.2, 0.25) is 0 Å². The zero-order valence-corrected chi connectivity index (χ0v) is 23.7. The lowest BCUT2D eigenvalue weighted by Gasteiger charge is -2.62.